The summed E-state index contributed by atoms with van der Waals surface area (Å²) in [6, 6.07) is 0. The molecule has 0 saturated carbocycles. The quantitative estimate of drug-likeness (QED) is 0.389. The molecule has 1 nitrogen and oxygen atoms in total. The topological polar surface area (TPSA) is 17.1 Å². The van der Waals surface area contributed by atoms with Crippen LogP contribution in [0.4, 0.5) is 0 Å². The molecule has 0 fully saturated rings. The highest BCUT2D eigenvalue weighted by molar-refractivity contribution is 5.78. The van der Waals surface area contributed by atoms with Crippen LogP contribution in [-0.2, 0) is 4.79 Å². The molecule has 1 radical (unpaired) electrons. The molecule has 101 valence electrons. The molecule has 0 bridgehead atoms. The first-order valence-corrected chi connectivity index (χ1v) is 7.62. The molecule has 0 aliphatic heterocycles. The Morgan fingerprint density at radius 2 is 1.24 bits per heavy atom. The zero-order chi connectivity index (χ0) is 12.8. The molecule has 0 N–H and O–H groups in total. The molecular weight excluding hydrogens is 208 g/mol. The van der Waals surface area contributed by atoms with Crippen molar-refractivity contribution >= 4 is 5.78 Å². The third kappa shape index (κ3) is 13.6. The third-order valence-corrected chi connectivity index (χ3v) is 3.26. The van der Waals surface area contributed by atoms with Crippen molar-refractivity contribution in [3.05, 3.63) is 6.92 Å². The second-order valence-corrected chi connectivity index (χ2v) is 5.07. The number of hydrogen-bond donors (Lipinski definition) is 0. The van der Waals surface area contributed by atoms with E-state index in [1.54, 1.807) is 0 Å². The van der Waals surface area contributed by atoms with Crippen LogP contribution in [0.15, 0.2) is 0 Å². The van der Waals surface area contributed by atoms with Crippen molar-refractivity contribution in [3.63, 3.8) is 0 Å². The van der Waals surface area contributed by atoms with Gasteiger partial charge in [0.05, 0.1) is 0 Å². The molecular formula is C16H31O. The molecule has 0 aromatic rings. The molecule has 0 unspecified atom stereocenters. The fourth-order valence-corrected chi connectivity index (χ4v) is 2.08. The zero-order valence-corrected chi connectivity index (χ0v) is 11.8. The van der Waals surface area contributed by atoms with Crippen molar-refractivity contribution in [2.24, 2.45) is 0 Å². The standard InChI is InChI=1S/C16H31O/c1-3-5-7-9-10-11-13-15-16(17)14-12-8-6-4-2/h1,3-15H2,2H3. The molecule has 0 aromatic carbocycles. The second kappa shape index (κ2) is 13.7. The van der Waals surface area contributed by atoms with E-state index in [0.29, 0.717) is 5.78 Å². The minimum absolute atomic E-state index is 0.485. The first-order chi connectivity index (χ1) is 8.31. The Hall–Kier alpha value is -0.330. The smallest absolute Gasteiger partial charge is 0.132 e. The number of hydrogen-bond acceptors (Lipinski definition) is 1. The Balaban J connectivity index is 3.11. The van der Waals surface area contributed by atoms with E-state index in [2.05, 4.69) is 13.8 Å². The van der Waals surface area contributed by atoms with Crippen LogP contribution in [0.3, 0.4) is 0 Å². The van der Waals surface area contributed by atoms with Crippen LogP contribution < -0.4 is 0 Å². The van der Waals surface area contributed by atoms with Crippen LogP contribution in [0.1, 0.15) is 90.4 Å². The minimum atomic E-state index is 0.485. The predicted octanol–water partition coefficient (Wildman–Crippen LogP) is 5.48. The molecule has 0 saturated heterocycles. The Morgan fingerprint density at radius 1 is 0.765 bits per heavy atom. The van der Waals surface area contributed by atoms with E-state index in [0.717, 1.165) is 32.1 Å². The normalized spacial score (nSPS) is 10.7. The zero-order valence-electron chi connectivity index (χ0n) is 11.8. The van der Waals surface area contributed by atoms with Gasteiger partial charge >= 0.3 is 0 Å². The van der Waals surface area contributed by atoms with E-state index in [4.69, 9.17) is 0 Å². The summed E-state index contributed by atoms with van der Waals surface area (Å²) < 4.78 is 0. The van der Waals surface area contributed by atoms with Gasteiger partial charge in [-0.05, 0) is 12.8 Å². The summed E-state index contributed by atoms with van der Waals surface area (Å²) in [6.07, 6.45) is 15.1. The summed E-state index contributed by atoms with van der Waals surface area (Å²) in [7, 11) is 0. The summed E-state index contributed by atoms with van der Waals surface area (Å²) in [5.74, 6) is 0.485. The van der Waals surface area contributed by atoms with Gasteiger partial charge in [0, 0.05) is 12.8 Å². The van der Waals surface area contributed by atoms with Crippen molar-refractivity contribution in [2.75, 3.05) is 0 Å². The largest absolute Gasteiger partial charge is 0.300 e. The van der Waals surface area contributed by atoms with Gasteiger partial charge in [0.2, 0.25) is 0 Å². The maximum atomic E-state index is 11.5. The Bertz CT molecular complexity index is 163. The molecule has 0 spiro atoms. The van der Waals surface area contributed by atoms with Gasteiger partial charge in [-0.25, -0.2) is 0 Å². The fourth-order valence-electron chi connectivity index (χ4n) is 2.08. The fraction of sp³-hybridized carbons (Fsp3) is 0.875. The number of rotatable bonds is 13. The molecule has 0 rings (SSSR count). The van der Waals surface area contributed by atoms with E-state index in [1.165, 1.54) is 51.4 Å². The monoisotopic (exact) mass is 239 g/mol. The van der Waals surface area contributed by atoms with Crippen LogP contribution in [-0.4, -0.2) is 5.78 Å². The third-order valence-electron chi connectivity index (χ3n) is 3.26. The number of Topliss-reactive ketones (excluding diaryl/α,β-unsaturated/α-hetero) is 1. The highest BCUT2D eigenvalue weighted by atomic mass is 16.1. The lowest BCUT2D eigenvalue weighted by Gasteiger charge is -2.02. The van der Waals surface area contributed by atoms with Crippen LogP contribution in [0.25, 0.3) is 0 Å². The average Bonchev–Trinajstić information content (AvgIpc) is 2.33. The minimum Gasteiger partial charge on any atom is -0.300 e. The Labute approximate surface area is 108 Å². The summed E-state index contributed by atoms with van der Waals surface area (Å²) in [6.45, 7) is 6.04. The molecule has 0 aromatic heterocycles. The molecule has 1 heteroatoms. The van der Waals surface area contributed by atoms with Crippen LogP contribution in [0.5, 0.6) is 0 Å². The van der Waals surface area contributed by atoms with Gasteiger partial charge in [0.1, 0.15) is 5.78 Å². The van der Waals surface area contributed by atoms with Crippen molar-refractivity contribution in [3.8, 4) is 0 Å². The molecule has 0 heterocycles. The van der Waals surface area contributed by atoms with Gasteiger partial charge in [0.25, 0.3) is 0 Å². The SMILES string of the molecule is [CH2]CCCCCCCCC(=O)CCCCCC. The van der Waals surface area contributed by atoms with Gasteiger partial charge in [0.15, 0.2) is 0 Å². The van der Waals surface area contributed by atoms with Crippen LogP contribution in [0, 0.1) is 6.92 Å². The van der Waals surface area contributed by atoms with Gasteiger partial charge in [-0.2, -0.15) is 0 Å². The van der Waals surface area contributed by atoms with E-state index < -0.39 is 0 Å². The van der Waals surface area contributed by atoms with Crippen molar-refractivity contribution < 1.29 is 4.79 Å². The first-order valence-electron chi connectivity index (χ1n) is 7.62. The van der Waals surface area contributed by atoms with Crippen LogP contribution >= 0.6 is 0 Å². The molecule has 0 aliphatic rings. The summed E-state index contributed by atoms with van der Waals surface area (Å²) >= 11 is 0. The molecule has 0 atom stereocenters. The van der Waals surface area contributed by atoms with Crippen molar-refractivity contribution in [2.45, 2.75) is 90.4 Å². The van der Waals surface area contributed by atoms with Gasteiger partial charge in [-0.15, -0.1) is 0 Å². The molecule has 0 amide bonds. The lowest BCUT2D eigenvalue weighted by Crippen LogP contribution is -1.97. The summed E-state index contributed by atoms with van der Waals surface area (Å²) in [5, 5.41) is 0. The van der Waals surface area contributed by atoms with Crippen molar-refractivity contribution in [1.82, 2.24) is 0 Å². The number of carbonyl (C=O) groups is 1. The second-order valence-electron chi connectivity index (χ2n) is 5.07. The Kier molecular flexibility index (Phi) is 13.5. The maximum Gasteiger partial charge on any atom is 0.132 e. The van der Waals surface area contributed by atoms with Crippen LogP contribution in [0.2, 0.25) is 0 Å². The average molecular weight is 239 g/mol. The summed E-state index contributed by atoms with van der Waals surface area (Å²) in [5.41, 5.74) is 0. The molecule has 17 heavy (non-hydrogen) atoms. The van der Waals surface area contributed by atoms with E-state index >= 15 is 0 Å². The summed E-state index contributed by atoms with van der Waals surface area (Å²) in [4.78, 5) is 11.5. The van der Waals surface area contributed by atoms with Gasteiger partial charge in [-0.1, -0.05) is 71.6 Å². The predicted molar refractivity (Wildman–Crippen MR) is 76.1 cm³/mol. The number of ketones is 1. The lowest BCUT2D eigenvalue weighted by molar-refractivity contribution is -0.119. The highest BCUT2D eigenvalue weighted by Crippen LogP contribution is 2.10. The number of carbonyl (C=O) groups excluding carboxylic acids is 1. The van der Waals surface area contributed by atoms with Crippen molar-refractivity contribution in [1.29, 1.82) is 0 Å². The van der Waals surface area contributed by atoms with E-state index in [9.17, 15) is 4.79 Å². The van der Waals surface area contributed by atoms with Gasteiger partial charge < -0.3 is 0 Å². The highest BCUT2D eigenvalue weighted by Gasteiger charge is 2.01. The maximum absolute atomic E-state index is 11.5. The van der Waals surface area contributed by atoms with E-state index in [-0.39, 0.29) is 0 Å². The molecule has 0 aliphatic carbocycles. The van der Waals surface area contributed by atoms with Gasteiger partial charge in [-0.3, -0.25) is 4.79 Å². The Morgan fingerprint density at radius 3 is 1.76 bits per heavy atom. The van der Waals surface area contributed by atoms with E-state index in [1.807, 2.05) is 0 Å². The number of unbranched alkanes of at least 4 members (excludes halogenated alkanes) is 9. The lowest BCUT2D eigenvalue weighted by atomic mass is 10.0. The first kappa shape index (κ1) is 16.7.